The third-order valence-corrected chi connectivity index (χ3v) is 2.81. The molecule has 0 aliphatic carbocycles. The minimum Gasteiger partial charge on any atom is -0.496 e. The van der Waals surface area contributed by atoms with E-state index in [9.17, 15) is 0 Å². The Balaban J connectivity index is 2.24. The van der Waals surface area contributed by atoms with Crippen molar-refractivity contribution in [2.75, 3.05) is 7.11 Å². The van der Waals surface area contributed by atoms with Gasteiger partial charge in [-0.25, -0.2) is 0 Å². The predicted octanol–water partition coefficient (Wildman–Crippen LogP) is 2.74. The SMILES string of the molecule is COc1ccccc1Cc1cccc(CN)c1. The van der Waals surface area contributed by atoms with Crippen molar-refractivity contribution >= 4 is 0 Å². The summed E-state index contributed by atoms with van der Waals surface area (Å²) in [6.45, 7) is 0.583. The molecule has 2 aromatic carbocycles. The van der Waals surface area contributed by atoms with Crippen molar-refractivity contribution < 1.29 is 4.74 Å². The Morgan fingerprint density at radius 2 is 1.76 bits per heavy atom. The second kappa shape index (κ2) is 5.51. The molecular weight excluding hydrogens is 210 g/mol. The highest BCUT2D eigenvalue weighted by atomic mass is 16.5. The minimum atomic E-state index is 0.583. The molecule has 88 valence electrons. The Hall–Kier alpha value is -1.80. The first-order valence-electron chi connectivity index (χ1n) is 5.73. The second-order valence-electron chi connectivity index (χ2n) is 4.01. The van der Waals surface area contributed by atoms with Crippen molar-refractivity contribution in [3.8, 4) is 5.75 Å². The van der Waals surface area contributed by atoms with Gasteiger partial charge in [0.05, 0.1) is 7.11 Å². The number of benzene rings is 2. The molecule has 0 aliphatic heterocycles. The normalized spacial score (nSPS) is 10.2. The van der Waals surface area contributed by atoms with Crippen LogP contribution in [0.1, 0.15) is 16.7 Å². The van der Waals surface area contributed by atoms with Crippen molar-refractivity contribution in [3.05, 3.63) is 65.2 Å². The smallest absolute Gasteiger partial charge is 0.122 e. The number of hydrogen-bond donors (Lipinski definition) is 1. The average Bonchev–Trinajstić information content (AvgIpc) is 2.39. The van der Waals surface area contributed by atoms with Gasteiger partial charge in [-0.3, -0.25) is 0 Å². The summed E-state index contributed by atoms with van der Waals surface area (Å²) in [5, 5.41) is 0. The van der Waals surface area contributed by atoms with E-state index in [0.29, 0.717) is 6.54 Å². The first kappa shape index (κ1) is 11.7. The van der Waals surface area contributed by atoms with E-state index in [0.717, 1.165) is 17.7 Å². The molecule has 2 N–H and O–H groups in total. The highest BCUT2D eigenvalue weighted by molar-refractivity contribution is 5.38. The van der Waals surface area contributed by atoms with Gasteiger partial charge in [-0.15, -0.1) is 0 Å². The monoisotopic (exact) mass is 227 g/mol. The lowest BCUT2D eigenvalue weighted by atomic mass is 10.0. The maximum Gasteiger partial charge on any atom is 0.122 e. The first-order valence-corrected chi connectivity index (χ1v) is 5.73. The maximum atomic E-state index is 5.64. The predicted molar refractivity (Wildman–Crippen MR) is 70.1 cm³/mol. The van der Waals surface area contributed by atoms with Gasteiger partial charge >= 0.3 is 0 Å². The quantitative estimate of drug-likeness (QED) is 0.871. The lowest BCUT2D eigenvalue weighted by Gasteiger charge is -2.08. The molecule has 0 unspecified atom stereocenters. The number of ether oxygens (including phenoxy) is 1. The molecule has 17 heavy (non-hydrogen) atoms. The van der Waals surface area contributed by atoms with Gasteiger partial charge in [-0.1, -0.05) is 42.5 Å². The van der Waals surface area contributed by atoms with E-state index < -0.39 is 0 Å². The van der Waals surface area contributed by atoms with Crippen molar-refractivity contribution in [2.45, 2.75) is 13.0 Å². The Morgan fingerprint density at radius 3 is 2.53 bits per heavy atom. The summed E-state index contributed by atoms with van der Waals surface area (Å²) in [6.07, 6.45) is 0.873. The Labute approximate surface area is 102 Å². The standard InChI is InChI=1S/C15H17NO/c1-17-15-8-3-2-7-14(15)10-12-5-4-6-13(9-12)11-16/h2-9H,10-11,16H2,1H3. The molecule has 0 saturated carbocycles. The fourth-order valence-corrected chi connectivity index (χ4v) is 1.94. The number of rotatable bonds is 4. The van der Waals surface area contributed by atoms with Crippen molar-refractivity contribution in [3.63, 3.8) is 0 Å². The maximum absolute atomic E-state index is 5.64. The molecule has 0 radical (unpaired) electrons. The molecule has 0 aromatic heterocycles. The summed E-state index contributed by atoms with van der Waals surface area (Å²) < 4.78 is 5.35. The summed E-state index contributed by atoms with van der Waals surface area (Å²) in [5.74, 6) is 0.936. The molecule has 0 atom stereocenters. The molecule has 0 saturated heterocycles. The number of para-hydroxylation sites is 1. The van der Waals surface area contributed by atoms with Crippen LogP contribution in [0.2, 0.25) is 0 Å². The van der Waals surface area contributed by atoms with E-state index in [-0.39, 0.29) is 0 Å². The van der Waals surface area contributed by atoms with Crippen LogP contribution in [-0.2, 0) is 13.0 Å². The molecule has 2 heteroatoms. The highest BCUT2D eigenvalue weighted by Crippen LogP contribution is 2.21. The molecule has 0 aliphatic rings. The van der Waals surface area contributed by atoms with E-state index >= 15 is 0 Å². The van der Waals surface area contributed by atoms with Crippen LogP contribution in [-0.4, -0.2) is 7.11 Å². The lowest BCUT2D eigenvalue weighted by molar-refractivity contribution is 0.410. The first-order chi connectivity index (χ1) is 8.33. The molecule has 0 fully saturated rings. The van der Waals surface area contributed by atoms with Crippen LogP contribution >= 0.6 is 0 Å². The molecule has 0 amide bonds. The second-order valence-corrected chi connectivity index (χ2v) is 4.01. The third-order valence-electron chi connectivity index (χ3n) is 2.81. The Morgan fingerprint density at radius 1 is 1.00 bits per heavy atom. The molecular formula is C15H17NO. The Bertz CT molecular complexity index is 494. The average molecular weight is 227 g/mol. The van der Waals surface area contributed by atoms with E-state index in [1.54, 1.807) is 7.11 Å². The molecule has 2 nitrogen and oxygen atoms in total. The van der Waals surface area contributed by atoms with Gasteiger partial charge in [0.2, 0.25) is 0 Å². The van der Waals surface area contributed by atoms with Gasteiger partial charge in [0, 0.05) is 13.0 Å². The van der Waals surface area contributed by atoms with Gasteiger partial charge in [-0.05, 0) is 22.8 Å². The van der Waals surface area contributed by atoms with E-state index in [1.165, 1.54) is 11.1 Å². The summed E-state index contributed by atoms with van der Waals surface area (Å²) >= 11 is 0. The van der Waals surface area contributed by atoms with Crippen molar-refractivity contribution in [1.29, 1.82) is 0 Å². The molecule has 2 rings (SSSR count). The number of nitrogens with two attached hydrogens (primary N) is 1. The van der Waals surface area contributed by atoms with Crippen LogP contribution < -0.4 is 10.5 Å². The van der Waals surface area contributed by atoms with E-state index in [2.05, 4.69) is 18.2 Å². The molecule has 0 bridgehead atoms. The fraction of sp³-hybridized carbons (Fsp3) is 0.200. The third kappa shape index (κ3) is 2.86. The Kier molecular flexibility index (Phi) is 3.78. The zero-order valence-electron chi connectivity index (χ0n) is 10.0. The molecule has 0 heterocycles. The van der Waals surface area contributed by atoms with Gasteiger partial charge in [0.25, 0.3) is 0 Å². The lowest BCUT2D eigenvalue weighted by Crippen LogP contribution is -1.98. The molecule has 2 aromatic rings. The van der Waals surface area contributed by atoms with Gasteiger partial charge in [0.15, 0.2) is 0 Å². The summed E-state index contributed by atoms with van der Waals surface area (Å²) in [7, 11) is 1.70. The number of methoxy groups -OCH3 is 1. The van der Waals surface area contributed by atoms with E-state index in [4.69, 9.17) is 10.5 Å². The van der Waals surface area contributed by atoms with Crippen LogP contribution in [0.3, 0.4) is 0 Å². The summed E-state index contributed by atoms with van der Waals surface area (Å²) in [6, 6.07) is 16.5. The zero-order valence-corrected chi connectivity index (χ0v) is 10.0. The van der Waals surface area contributed by atoms with Crippen molar-refractivity contribution in [2.24, 2.45) is 5.73 Å². The van der Waals surface area contributed by atoms with Crippen LogP contribution in [0.15, 0.2) is 48.5 Å². The largest absolute Gasteiger partial charge is 0.496 e. The van der Waals surface area contributed by atoms with Crippen LogP contribution in [0.5, 0.6) is 5.75 Å². The molecule has 0 spiro atoms. The number of hydrogen-bond acceptors (Lipinski definition) is 2. The topological polar surface area (TPSA) is 35.2 Å². The van der Waals surface area contributed by atoms with Crippen LogP contribution in [0, 0.1) is 0 Å². The van der Waals surface area contributed by atoms with Gasteiger partial charge < -0.3 is 10.5 Å². The minimum absolute atomic E-state index is 0.583. The zero-order chi connectivity index (χ0) is 12.1. The van der Waals surface area contributed by atoms with Crippen molar-refractivity contribution in [1.82, 2.24) is 0 Å². The van der Waals surface area contributed by atoms with Gasteiger partial charge in [-0.2, -0.15) is 0 Å². The van der Waals surface area contributed by atoms with E-state index in [1.807, 2.05) is 30.3 Å². The fourth-order valence-electron chi connectivity index (χ4n) is 1.94. The van der Waals surface area contributed by atoms with Crippen LogP contribution in [0.25, 0.3) is 0 Å². The summed E-state index contributed by atoms with van der Waals surface area (Å²) in [4.78, 5) is 0. The van der Waals surface area contributed by atoms with Gasteiger partial charge in [0.1, 0.15) is 5.75 Å². The highest BCUT2D eigenvalue weighted by Gasteiger charge is 2.03. The van der Waals surface area contributed by atoms with Crippen LogP contribution in [0.4, 0.5) is 0 Å². The summed E-state index contributed by atoms with van der Waals surface area (Å²) in [5.41, 5.74) is 9.27.